The third-order valence-electron chi connectivity index (χ3n) is 3.45. The third kappa shape index (κ3) is 3.74. The van der Waals surface area contributed by atoms with E-state index >= 15 is 0 Å². The van der Waals surface area contributed by atoms with Gasteiger partial charge >= 0.3 is 5.97 Å². The van der Waals surface area contributed by atoms with E-state index < -0.39 is 21.9 Å². The molecule has 0 amide bonds. The monoisotopic (exact) mass is 314 g/mol. The first-order valence-electron chi connectivity index (χ1n) is 6.52. The van der Waals surface area contributed by atoms with Gasteiger partial charge in [-0.1, -0.05) is 6.92 Å². The molecule has 1 aromatic carbocycles. The lowest BCUT2D eigenvalue weighted by atomic mass is 10.1. The van der Waals surface area contributed by atoms with Crippen molar-refractivity contribution in [1.29, 1.82) is 0 Å². The normalized spacial score (nSPS) is 13.2. The Morgan fingerprint density at radius 3 is 2.38 bits per heavy atom. The number of sulfonamides is 1. The highest BCUT2D eigenvalue weighted by Gasteiger charge is 2.27. The van der Waals surface area contributed by atoms with Crippen LogP contribution in [0.2, 0.25) is 0 Å². The van der Waals surface area contributed by atoms with Crippen LogP contribution >= 0.6 is 0 Å². The van der Waals surface area contributed by atoms with Gasteiger partial charge in [-0.3, -0.25) is 4.79 Å². The molecule has 6 nitrogen and oxygen atoms in total. The van der Waals surface area contributed by atoms with Crippen molar-refractivity contribution in [1.82, 2.24) is 4.31 Å². The SMILES string of the molecule is COC(=O)C(C)CN(C)S(=O)(=O)c1cc(C)c(C)cc1N. The Labute approximate surface area is 125 Å². The van der Waals surface area contributed by atoms with Crippen molar-refractivity contribution in [3.63, 3.8) is 0 Å². The van der Waals surface area contributed by atoms with Crippen molar-refractivity contribution in [2.75, 3.05) is 26.4 Å². The van der Waals surface area contributed by atoms with Crippen LogP contribution in [0.5, 0.6) is 0 Å². The van der Waals surface area contributed by atoms with Gasteiger partial charge < -0.3 is 10.5 Å². The summed E-state index contributed by atoms with van der Waals surface area (Å²) in [7, 11) is -1.05. The molecule has 0 heterocycles. The molecule has 1 aromatic rings. The minimum absolute atomic E-state index is 0.0291. The fraction of sp³-hybridized carbons (Fsp3) is 0.500. The average Bonchev–Trinajstić information content (AvgIpc) is 2.41. The Hall–Kier alpha value is -1.60. The van der Waals surface area contributed by atoms with Gasteiger partial charge in [0.05, 0.1) is 18.7 Å². The highest BCUT2D eigenvalue weighted by molar-refractivity contribution is 7.89. The van der Waals surface area contributed by atoms with E-state index in [9.17, 15) is 13.2 Å². The number of ether oxygens (including phenoxy) is 1. The van der Waals surface area contributed by atoms with Gasteiger partial charge in [-0.15, -0.1) is 0 Å². The molecule has 1 rings (SSSR count). The Kier molecular flexibility index (Phi) is 5.36. The lowest BCUT2D eigenvalue weighted by Gasteiger charge is -2.21. The number of carbonyl (C=O) groups is 1. The van der Waals surface area contributed by atoms with Gasteiger partial charge in [-0.2, -0.15) is 0 Å². The number of methoxy groups -OCH3 is 1. The number of rotatable bonds is 5. The number of nitrogens with two attached hydrogens (primary N) is 1. The summed E-state index contributed by atoms with van der Waals surface area (Å²) in [4.78, 5) is 11.5. The van der Waals surface area contributed by atoms with Gasteiger partial charge in [0.15, 0.2) is 0 Å². The summed E-state index contributed by atoms with van der Waals surface area (Å²) in [6.45, 7) is 5.33. The van der Waals surface area contributed by atoms with Crippen LogP contribution in [0.1, 0.15) is 18.1 Å². The molecular weight excluding hydrogens is 292 g/mol. The molecule has 7 heteroatoms. The van der Waals surface area contributed by atoms with Crippen LogP contribution in [0.4, 0.5) is 5.69 Å². The van der Waals surface area contributed by atoms with E-state index in [-0.39, 0.29) is 17.1 Å². The van der Waals surface area contributed by atoms with Crippen molar-refractivity contribution in [2.24, 2.45) is 5.92 Å². The number of carbonyl (C=O) groups excluding carboxylic acids is 1. The van der Waals surface area contributed by atoms with Gasteiger partial charge in [-0.25, -0.2) is 12.7 Å². The molecule has 0 radical (unpaired) electrons. The molecule has 118 valence electrons. The van der Waals surface area contributed by atoms with E-state index in [4.69, 9.17) is 5.73 Å². The number of hydrogen-bond donors (Lipinski definition) is 1. The predicted molar refractivity (Wildman–Crippen MR) is 81.3 cm³/mol. The van der Waals surface area contributed by atoms with Crippen LogP contribution < -0.4 is 5.73 Å². The lowest BCUT2D eigenvalue weighted by molar-refractivity contribution is -0.144. The second-order valence-electron chi connectivity index (χ2n) is 5.18. The van der Waals surface area contributed by atoms with Crippen molar-refractivity contribution in [3.05, 3.63) is 23.3 Å². The van der Waals surface area contributed by atoms with E-state index in [0.717, 1.165) is 15.4 Å². The zero-order chi connectivity index (χ0) is 16.4. The Morgan fingerprint density at radius 1 is 1.33 bits per heavy atom. The van der Waals surface area contributed by atoms with Crippen LogP contribution in [-0.2, 0) is 19.6 Å². The zero-order valence-corrected chi connectivity index (χ0v) is 13.8. The van der Waals surface area contributed by atoms with Crippen LogP contribution in [0.3, 0.4) is 0 Å². The molecular formula is C14H22N2O4S. The maximum atomic E-state index is 12.6. The van der Waals surface area contributed by atoms with Crippen LogP contribution in [0, 0.1) is 19.8 Å². The topological polar surface area (TPSA) is 89.7 Å². The predicted octanol–water partition coefficient (Wildman–Crippen LogP) is 1.32. The highest BCUT2D eigenvalue weighted by Crippen LogP contribution is 2.25. The molecule has 0 fully saturated rings. The van der Waals surface area contributed by atoms with Crippen molar-refractivity contribution < 1.29 is 17.9 Å². The van der Waals surface area contributed by atoms with E-state index in [1.165, 1.54) is 14.2 Å². The molecule has 0 saturated heterocycles. The first-order chi connectivity index (χ1) is 9.61. The maximum Gasteiger partial charge on any atom is 0.309 e. The lowest BCUT2D eigenvalue weighted by Crippen LogP contribution is -2.34. The molecule has 1 unspecified atom stereocenters. The molecule has 2 N–H and O–H groups in total. The maximum absolute atomic E-state index is 12.6. The largest absolute Gasteiger partial charge is 0.469 e. The molecule has 0 aromatic heterocycles. The summed E-state index contributed by atoms with van der Waals surface area (Å²) in [5, 5.41) is 0. The summed E-state index contributed by atoms with van der Waals surface area (Å²) >= 11 is 0. The van der Waals surface area contributed by atoms with Crippen LogP contribution in [0.15, 0.2) is 17.0 Å². The molecule has 1 atom stereocenters. The van der Waals surface area contributed by atoms with Crippen LogP contribution in [-0.4, -0.2) is 39.4 Å². The summed E-state index contributed by atoms with van der Waals surface area (Å²) in [5.41, 5.74) is 7.81. The average molecular weight is 314 g/mol. The number of aryl methyl sites for hydroxylation is 2. The summed E-state index contributed by atoms with van der Waals surface area (Å²) in [5.74, 6) is -1.01. The Morgan fingerprint density at radius 2 is 1.86 bits per heavy atom. The minimum atomic E-state index is -3.75. The first-order valence-corrected chi connectivity index (χ1v) is 7.96. The van der Waals surface area contributed by atoms with Crippen molar-refractivity contribution in [3.8, 4) is 0 Å². The molecule has 0 aliphatic rings. The Bertz CT molecular complexity index is 641. The fourth-order valence-electron chi connectivity index (χ4n) is 1.96. The molecule has 0 bridgehead atoms. The van der Waals surface area contributed by atoms with E-state index in [1.807, 2.05) is 13.8 Å². The molecule has 21 heavy (non-hydrogen) atoms. The minimum Gasteiger partial charge on any atom is -0.469 e. The van der Waals surface area contributed by atoms with Gasteiger partial charge in [-0.05, 0) is 37.1 Å². The number of anilines is 1. The summed E-state index contributed by atoms with van der Waals surface area (Å²) in [6, 6.07) is 3.19. The number of esters is 1. The quantitative estimate of drug-likeness (QED) is 0.654. The second-order valence-corrected chi connectivity index (χ2v) is 7.20. The molecule has 0 aliphatic heterocycles. The van der Waals surface area contributed by atoms with Crippen LogP contribution in [0.25, 0.3) is 0 Å². The van der Waals surface area contributed by atoms with Crippen molar-refractivity contribution in [2.45, 2.75) is 25.7 Å². The number of nitrogen functional groups attached to an aromatic ring is 1. The molecule has 0 spiro atoms. The van der Waals surface area contributed by atoms with Gasteiger partial charge in [0.1, 0.15) is 4.90 Å². The first kappa shape index (κ1) is 17.5. The fourth-order valence-corrected chi connectivity index (χ4v) is 3.40. The standard InChI is InChI=1S/C14H22N2O4S/c1-9-6-12(15)13(7-10(9)2)21(18,19)16(4)8-11(3)14(17)20-5/h6-7,11H,8,15H2,1-5H3. The molecule has 0 aliphatic carbocycles. The van der Waals surface area contributed by atoms with Crippen molar-refractivity contribution >= 4 is 21.7 Å². The zero-order valence-electron chi connectivity index (χ0n) is 13.0. The second kappa shape index (κ2) is 6.44. The van der Waals surface area contributed by atoms with E-state index in [2.05, 4.69) is 4.74 Å². The van der Waals surface area contributed by atoms with Gasteiger partial charge in [0.25, 0.3) is 0 Å². The highest BCUT2D eigenvalue weighted by atomic mass is 32.2. The third-order valence-corrected chi connectivity index (χ3v) is 5.33. The van der Waals surface area contributed by atoms with Gasteiger partial charge in [0.2, 0.25) is 10.0 Å². The Balaban J connectivity index is 3.11. The molecule has 0 saturated carbocycles. The number of nitrogens with zero attached hydrogens (tertiary/aromatic N) is 1. The smallest absolute Gasteiger partial charge is 0.309 e. The summed E-state index contributed by atoms with van der Waals surface area (Å²) in [6.07, 6.45) is 0. The number of hydrogen-bond acceptors (Lipinski definition) is 5. The van der Waals surface area contributed by atoms with Gasteiger partial charge in [0, 0.05) is 13.6 Å². The summed E-state index contributed by atoms with van der Waals surface area (Å²) < 4.78 is 30.8. The van der Waals surface area contributed by atoms with E-state index in [0.29, 0.717) is 0 Å². The number of benzene rings is 1. The van der Waals surface area contributed by atoms with E-state index in [1.54, 1.807) is 19.1 Å².